The highest BCUT2D eigenvalue weighted by molar-refractivity contribution is 5.68. The predicted molar refractivity (Wildman–Crippen MR) is 83.5 cm³/mol. The van der Waals surface area contributed by atoms with Gasteiger partial charge in [0, 0.05) is 18.3 Å². The van der Waals surface area contributed by atoms with Gasteiger partial charge in [0.2, 0.25) is 0 Å². The Labute approximate surface area is 124 Å². The van der Waals surface area contributed by atoms with E-state index in [2.05, 4.69) is 10.6 Å². The van der Waals surface area contributed by atoms with E-state index in [1.807, 2.05) is 0 Å². The third-order valence-corrected chi connectivity index (χ3v) is 3.88. The van der Waals surface area contributed by atoms with Gasteiger partial charge in [-0.2, -0.15) is 0 Å². The first kappa shape index (κ1) is 15.6. The van der Waals surface area contributed by atoms with Gasteiger partial charge in [-0.15, -0.1) is 0 Å². The lowest BCUT2D eigenvalue weighted by Gasteiger charge is -2.22. The van der Waals surface area contributed by atoms with Crippen LogP contribution in [0.4, 0.5) is 17.1 Å². The fraction of sp³-hybridized carbons (Fsp3) is 0.600. The van der Waals surface area contributed by atoms with Crippen LogP contribution in [-0.4, -0.2) is 22.8 Å². The van der Waals surface area contributed by atoms with Crippen molar-refractivity contribution in [2.45, 2.75) is 45.3 Å². The van der Waals surface area contributed by atoms with E-state index in [0.717, 1.165) is 6.54 Å². The van der Waals surface area contributed by atoms with Gasteiger partial charge in [0.1, 0.15) is 11.9 Å². The molecule has 0 radical (unpaired) electrons. The summed E-state index contributed by atoms with van der Waals surface area (Å²) in [5.41, 5.74) is 1.12. The number of nitro groups is 1. The highest BCUT2D eigenvalue weighted by Crippen LogP contribution is 2.30. The van der Waals surface area contributed by atoms with Crippen LogP contribution in [-0.2, 0) is 0 Å². The zero-order valence-electron chi connectivity index (χ0n) is 12.3. The van der Waals surface area contributed by atoms with Crippen molar-refractivity contribution in [2.75, 3.05) is 17.2 Å². The molecular weight excluding hydrogens is 270 g/mol. The number of hydrogen-bond donors (Lipinski definition) is 3. The van der Waals surface area contributed by atoms with Gasteiger partial charge in [-0.25, -0.2) is 0 Å². The van der Waals surface area contributed by atoms with Crippen LogP contribution >= 0.6 is 0 Å². The summed E-state index contributed by atoms with van der Waals surface area (Å²) in [5, 5.41) is 26.4. The summed E-state index contributed by atoms with van der Waals surface area (Å²) in [7, 11) is 0. The van der Waals surface area contributed by atoms with Crippen LogP contribution in [0.5, 0.6) is 0 Å². The number of benzene rings is 1. The molecule has 6 heteroatoms. The van der Waals surface area contributed by atoms with E-state index >= 15 is 0 Å². The molecule has 1 aliphatic rings. The summed E-state index contributed by atoms with van der Waals surface area (Å²) in [6.07, 6.45) is 5.46. The monoisotopic (exact) mass is 293 g/mol. The Hall–Kier alpha value is -1.82. The predicted octanol–water partition coefficient (Wildman–Crippen LogP) is 3.34. The molecule has 1 aromatic rings. The summed E-state index contributed by atoms with van der Waals surface area (Å²) >= 11 is 0. The van der Waals surface area contributed by atoms with Gasteiger partial charge in [-0.1, -0.05) is 19.3 Å². The molecule has 0 aromatic heterocycles. The zero-order valence-corrected chi connectivity index (χ0v) is 12.3. The van der Waals surface area contributed by atoms with Crippen molar-refractivity contribution >= 4 is 17.1 Å². The van der Waals surface area contributed by atoms with Crippen LogP contribution in [0.1, 0.15) is 39.0 Å². The van der Waals surface area contributed by atoms with Crippen LogP contribution in [0.25, 0.3) is 0 Å². The standard InChI is InChI=1S/C15H23N3O3/c1-11(19)17-13-7-8-14(15(9-13)18(20)21)16-10-12-5-3-2-4-6-12/h7-9,11-12,16-17,19H,2-6,10H2,1H3. The molecular formula is C15H23N3O3. The normalized spacial score (nSPS) is 17.2. The maximum Gasteiger partial charge on any atom is 0.294 e. The van der Waals surface area contributed by atoms with Gasteiger partial charge in [0.05, 0.1) is 4.92 Å². The van der Waals surface area contributed by atoms with E-state index in [9.17, 15) is 15.2 Å². The maximum absolute atomic E-state index is 11.2. The van der Waals surface area contributed by atoms with Crippen molar-refractivity contribution in [3.05, 3.63) is 28.3 Å². The lowest BCUT2D eigenvalue weighted by atomic mass is 9.89. The SMILES string of the molecule is CC(O)Nc1ccc(NCC2CCCCC2)c([N+](=O)[O-])c1. The number of anilines is 2. The molecule has 1 fully saturated rings. The Kier molecular flexibility index (Phi) is 5.38. The second kappa shape index (κ2) is 7.26. The Morgan fingerprint density at radius 1 is 1.38 bits per heavy atom. The average Bonchev–Trinajstić information content (AvgIpc) is 2.46. The molecule has 0 spiro atoms. The highest BCUT2D eigenvalue weighted by Gasteiger charge is 2.18. The molecule has 3 N–H and O–H groups in total. The Morgan fingerprint density at radius 3 is 2.71 bits per heavy atom. The van der Waals surface area contributed by atoms with Gasteiger partial charge < -0.3 is 15.7 Å². The van der Waals surface area contributed by atoms with E-state index in [1.165, 1.54) is 38.2 Å². The molecule has 0 aliphatic heterocycles. The van der Waals surface area contributed by atoms with Crippen molar-refractivity contribution in [3.63, 3.8) is 0 Å². The van der Waals surface area contributed by atoms with E-state index in [0.29, 0.717) is 17.3 Å². The number of aliphatic hydroxyl groups is 1. The average molecular weight is 293 g/mol. The van der Waals surface area contributed by atoms with E-state index in [1.54, 1.807) is 19.1 Å². The van der Waals surface area contributed by atoms with Crippen LogP contribution in [0.2, 0.25) is 0 Å². The minimum atomic E-state index is -0.745. The third-order valence-electron chi connectivity index (χ3n) is 3.88. The van der Waals surface area contributed by atoms with Gasteiger partial charge in [0.25, 0.3) is 5.69 Å². The lowest BCUT2D eigenvalue weighted by Crippen LogP contribution is -2.18. The maximum atomic E-state index is 11.2. The highest BCUT2D eigenvalue weighted by atomic mass is 16.6. The molecule has 1 aromatic carbocycles. The van der Waals surface area contributed by atoms with Crippen molar-refractivity contribution in [2.24, 2.45) is 5.92 Å². The number of nitrogens with zero attached hydrogens (tertiary/aromatic N) is 1. The first-order valence-corrected chi connectivity index (χ1v) is 7.53. The quantitative estimate of drug-likeness (QED) is 0.425. The van der Waals surface area contributed by atoms with Crippen LogP contribution in [0.15, 0.2) is 18.2 Å². The van der Waals surface area contributed by atoms with E-state index in [4.69, 9.17) is 0 Å². The molecule has 0 heterocycles. The number of aliphatic hydroxyl groups excluding tert-OH is 1. The van der Waals surface area contributed by atoms with Crippen molar-refractivity contribution in [1.82, 2.24) is 0 Å². The molecule has 0 saturated heterocycles. The minimum absolute atomic E-state index is 0.0384. The molecule has 116 valence electrons. The van der Waals surface area contributed by atoms with E-state index in [-0.39, 0.29) is 5.69 Å². The zero-order chi connectivity index (χ0) is 15.2. The molecule has 1 saturated carbocycles. The molecule has 1 unspecified atom stereocenters. The third kappa shape index (κ3) is 4.60. The van der Waals surface area contributed by atoms with E-state index < -0.39 is 11.2 Å². The van der Waals surface area contributed by atoms with Crippen molar-refractivity contribution in [1.29, 1.82) is 0 Å². The smallest absolute Gasteiger partial charge is 0.294 e. The Morgan fingerprint density at radius 2 is 2.10 bits per heavy atom. The summed E-state index contributed by atoms with van der Waals surface area (Å²) in [4.78, 5) is 10.8. The number of nitro benzene ring substituents is 1. The fourth-order valence-corrected chi connectivity index (χ4v) is 2.81. The first-order chi connectivity index (χ1) is 10.1. The fourth-order valence-electron chi connectivity index (χ4n) is 2.81. The topological polar surface area (TPSA) is 87.4 Å². The molecule has 0 bridgehead atoms. The number of rotatable bonds is 6. The summed E-state index contributed by atoms with van der Waals surface area (Å²) in [5.74, 6) is 0.605. The minimum Gasteiger partial charge on any atom is -0.379 e. The summed E-state index contributed by atoms with van der Waals surface area (Å²) in [6, 6.07) is 4.89. The molecule has 1 aliphatic carbocycles. The Bertz CT molecular complexity index is 485. The lowest BCUT2D eigenvalue weighted by molar-refractivity contribution is -0.383. The Balaban J connectivity index is 2.05. The van der Waals surface area contributed by atoms with Gasteiger partial charge >= 0.3 is 0 Å². The molecule has 0 amide bonds. The first-order valence-electron chi connectivity index (χ1n) is 7.53. The van der Waals surface area contributed by atoms with Gasteiger partial charge in [-0.05, 0) is 37.8 Å². The summed E-state index contributed by atoms with van der Waals surface area (Å²) in [6.45, 7) is 2.35. The van der Waals surface area contributed by atoms with Crippen LogP contribution in [0, 0.1) is 16.0 Å². The second-order valence-corrected chi connectivity index (χ2v) is 5.69. The largest absolute Gasteiger partial charge is 0.379 e. The molecule has 21 heavy (non-hydrogen) atoms. The van der Waals surface area contributed by atoms with Crippen LogP contribution < -0.4 is 10.6 Å². The van der Waals surface area contributed by atoms with Crippen LogP contribution in [0.3, 0.4) is 0 Å². The number of hydrogen-bond acceptors (Lipinski definition) is 5. The molecule has 6 nitrogen and oxygen atoms in total. The molecule has 1 atom stereocenters. The van der Waals surface area contributed by atoms with Gasteiger partial charge in [0.15, 0.2) is 0 Å². The van der Waals surface area contributed by atoms with Crippen molar-refractivity contribution in [3.8, 4) is 0 Å². The second-order valence-electron chi connectivity index (χ2n) is 5.69. The molecule has 2 rings (SSSR count). The number of nitrogens with one attached hydrogen (secondary N) is 2. The van der Waals surface area contributed by atoms with Gasteiger partial charge in [-0.3, -0.25) is 10.1 Å². The summed E-state index contributed by atoms with van der Waals surface area (Å²) < 4.78 is 0. The van der Waals surface area contributed by atoms with Crippen molar-refractivity contribution < 1.29 is 10.0 Å².